The summed E-state index contributed by atoms with van der Waals surface area (Å²) in [7, 11) is 0.0798. The summed E-state index contributed by atoms with van der Waals surface area (Å²) in [5, 5.41) is 10.7. The van der Waals surface area contributed by atoms with Gasteiger partial charge in [-0.2, -0.15) is 0 Å². The molecular weight excluding hydrogens is 332 g/mol. The predicted octanol–water partition coefficient (Wildman–Crippen LogP) is 4.49. The molecule has 1 heterocycles. The van der Waals surface area contributed by atoms with Crippen LogP contribution >= 0.6 is 0 Å². The molecule has 1 aromatic rings. The van der Waals surface area contributed by atoms with Gasteiger partial charge >= 0.3 is 0 Å². The zero-order valence-corrected chi connectivity index (χ0v) is 17.3. The van der Waals surface area contributed by atoms with Crippen molar-refractivity contribution in [2.24, 2.45) is 5.92 Å². The molecule has 1 fully saturated rings. The van der Waals surface area contributed by atoms with E-state index >= 15 is 0 Å². The van der Waals surface area contributed by atoms with E-state index in [1.165, 1.54) is 0 Å². The summed E-state index contributed by atoms with van der Waals surface area (Å²) in [4.78, 5) is 13.4. The van der Waals surface area contributed by atoms with E-state index in [2.05, 4.69) is 41.5 Å². The molecule has 0 radical (unpaired) electrons. The first-order chi connectivity index (χ1) is 11.7. The van der Waals surface area contributed by atoms with Gasteiger partial charge < -0.3 is 9.84 Å². The van der Waals surface area contributed by atoms with Gasteiger partial charge in [0.25, 0.3) is 0 Å². The van der Waals surface area contributed by atoms with Crippen molar-refractivity contribution in [1.29, 1.82) is 0 Å². The van der Waals surface area contributed by atoms with Crippen molar-refractivity contribution in [3.05, 3.63) is 28.8 Å². The Hall–Kier alpha value is -1.00. The van der Waals surface area contributed by atoms with Crippen molar-refractivity contribution in [3.8, 4) is 5.75 Å². The number of rotatable bonds is 6. The summed E-state index contributed by atoms with van der Waals surface area (Å²) in [5.74, 6) is 3.26. The van der Waals surface area contributed by atoms with Crippen molar-refractivity contribution in [3.63, 3.8) is 0 Å². The summed E-state index contributed by atoms with van der Waals surface area (Å²) >= 11 is 0. The van der Waals surface area contributed by atoms with Gasteiger partial charge in [-0.1, -0.05) is 41.5 Å². The first-order valence-electron chi connectivity index (χ1n) is 9.39. The maximum absolute atomic E-state index is 13.4. The molecule has 1 aliphatic rings. The Balaban J connectivity index is 2.45. The van der Waals surface area contributed by atoms with Gasteiger partial charge in [0.15, 0.2) is 5.25 Å². The molecule has 4 heteroatoms. The van der Waals surface area contributed by atoms with Crippen LogP contribution in [0.15, 0.2) is 12.1 Å². The molecule has 1 atom stereocenters. The van der Waals surface area contributed by atoms with Gasteiger partial charge in [0, 0.05) is 22.4 Å². The summed E-state index contributed by atoms with van der Waals surface area (Å²) in [6.45, 7) is 14.1. The Bertz CT molecular complexity index is 572. The third-order valence-corrected chi connectivity index (χ3v) is 7.76. The third-order valence-electron chi connectivity index (χ3n) is 4.90. The van der Waals surface area contributed by atoms with E-state index in [9.17, 15) is 9.90 Å². The Kier molecular flexibility index (Phi) is 6.98. The van der Waals surface area contributed by atoms with Crippen LogP contribution in [-0.2, 0) is 15.6 Å². The van der Waals surface area contributed by atoms with Crippen LogP contribution in [0.5, 0.6) is 5.75 Å². The first-order valence-corrected chi connectivity index (χ1v) is 11.0. The lowest BCUT2D eigenvalue weighted by atomic mass is 9.89. The van der Waals surface area contributed by atoms with Crippen LogP contribution in [0.25, 0.3) is 0 Å². The highest BCUT2D eigenvalue weighted by Crippen LogP contribution is 2.36. The molecule has 1 unspecified atom stereocenters. The molecule has 0 spiro atoms. The SMILES string of the molecule is CC(C)c1cc(C(=O)C(C(C)C)[S+]2CCOCC2)cc(C(C)C)c1O. The first kappa shape index (κ1) is 20.3. The summed E-state index contributed by atoms with van der Waals surface area (Å²) in [6.07, 6.45) is 0. The van der Waals surface area contributed by atoms with Crippen LogP contribution < -0.4 is 0 Å². The minimum Gasteiger partial charge on any atom is -0.507 e. The number of aromatic hydroxyl groups is 1. The Labute approximate surface area is 155 Å². The maximum Gasteiger partial charge on any atom is 0.215 e. The van der Waals surface area contributed by atoms with Crippen LogP contribution in [0.2, 0.25) is 0 Å². The van der Waals surface area contributed by atoms with E-state index < -0.39 is 0 Å². The highest BCUT2D eigenvalue weighted by Gasteiger charge is 2.41. The molecule has 1 aromatic carbocycles. The van der Waals surface area contributed by atoms with E-state index in [1.807, 2.05) is 12.1 Å². The van der Waals surface area contributed by atoms with Crippen molar-refractivity contribution in [2.45, 2.75) is 58.6 Å². The van der Waals surface area contributed by atoms with Gasteiger partial charge in [0.2, 0.25) is 5.78 Å². The van der Waals surface area contributed by atoms with Gasteiger partial charge in [-0.3, -0.25) is 4.79 Å². The number of ether oxygens (including phenoxy) is 1. The fraction of sp³-hybridized carbons (Fsp3) is 0.667. The normalized spacial score (nSPS) is 17.5. The molecule has 1 aliphatic heterocycles. The molecule has 140 valence electrons. The lowest BCUT2D eigenvalue weighted by molar-refractivity contribution is 0.0972. The number of phenolic OH excluding ortho intramolecular Hbond substituents is 1. The fourth-order valence-corrected chi connectivity index (χ4v) is 6.08. The van der Waals surface area contributed by atoms with Crippen LogP contribution in [0.4, 0.5) is 0 Å². The van der Waals surface area contributed by atoms with Gasteiger partial charge in [-0.05, 0) is 35.1 Å². The van der Waals surface area contributed by atoms with Crippen molar-refractivity contribution in [1.82, 2.24) is 0 Å². The second-order valence-electron chi connectivity index (χ2n) is 7.90. The van der Waals surface area contributed by atoms with E-state index in [4.69, 9.17) is 4.74 Å². The topological polar surface area (TPSA) is 46.5 Å². The number of ketones is 1. The predicted molar refractivity (Wildman–Crippen MR) is 107 cm³/mol. The second-order valence-corrected chi connectivity index (χ2v) is 10.3. The van der Waals surface area contributed by atoms with Crippen LogP contribution in [0.1, 0.15) is 74.9 Å². The van der Waals surface area contributed by atoms with E-state index in [1.54, 1.807) is 0 Å². The molecule has 0 aromatic heterocycles. The van der Waals surface area contributed by atoms with Gasteiger partial charge in [-0.15, -0.1) is 0 Å². The molecule has 3 nitrogen and oxygen atoms in total. The number of benzene rings is 1. The number of hydrogen-bond donors (Lipinski definition) is 1. The maximum atomic E-state index is 13.4. The highest BCUT2D eigenvalue weighted by atomic mass is 32.2. The zero-order chi connectivity index (χ0) is 18.7. The zero-order valence-electron chi connectivity index (χ0n) is 16.5. The van der Waals surface area contributed by atoms with E-state index in [-0.39, 0.29) is 33.8 Å². The average molecular weight is 366 g/mol. The van der Waals surface area contributed by atoms with Crippen LogP contribution in [-0.4, -0.2) is 40.9 Å². The molecule has 0 amide bonds. The smallest absolute Gasteiger partial charge is 0.215 e. The molecule has 0 bridgehead atoms. The number of Topliss-reactive ketones (excluding diaryl/α,β-unsaturated/α-hetero) is 1. The summed E-state index contributed by atoms with van der Waals surface area (Å²) in [6, 6.07) is 3.85. The van der Waals surface area contributed by atoms with Crippen LogP contribution in [0.3, 0.4) is 0 Å². The molecule has 2 rings (SSSR count). The second kappa shape index (κ2) is 8.59. The van der Waals surface area contributed by atoms with Gasteiger partial charge in [-0.25, -0.2) is 0 Å². The van der Waals surface area contributed by atoms with Gasteiger partial charge in [0.1, 0.15) is 17.3 Å². The van der Waals surface area contributed by atoms with Crippen LogP contribution in [0, 0.1) is 5.92 Å². The monoisotopic (exact) mass is 365 g/mol. The largest absolute Gasteiger partial charge is 0.507 e. The Morgan fingerprint density at radius 3 is 1.88 bits per heavy atom. The van der Waals surface area contributed by atoms with Crippen molar-refractivity contribution >= 4 is 16.7 Å². The van der Waals surface area contributed by atoms with E-state index in [0.29, 0.717) is 11.7 Å². The third kappa shape index (κ3) is 4.59. The quantitative estimate of drug-likeness (QED) is 0.596. The number of phenols is 1. The molecule has 1 N–H and O–H groups in total. The highest BCUT2D eigenvalue weighted by molar-refractivity contribution is 7.98. The minimum atomic E-state index is 0.0495. The summed E-state index contributed by atoms with van der Waals surface area (Å²) in [5.41, 5.74) is 2.53. The fourth-order valence-electron chi connectivity index (χ4n) is 3.50. The molecule has 0 aliphatic carbocycles. The molecule has 1 saturated heterocycles. The van der Waals surface area contributed by atoms with Crippen molar-refractivity contribution < 1.29 is 14.6 Å². The standard InChI is InChI=1S/C21H32O3S/c1-13(2)17-11-16(12-18(14(3)4)20(17)23)19(22)21(15(5)6)25-9-7-24-8-10-25/h11-15,21H,7-10H2,1-6H3/p+1. The number of carbonyl (C=O) groups is 1. The number of carbonyl (C=O) groups excluding carboxylic acids is 1. The van der Waals surface area contributed by atoms with E-state index in [0.717, 1.165) is 41.4 Å². The molecule has 25 heavy (non-hydrogen) atoms. The lowest BCUT2D eigenvalue weighted by Gasteiger charge is -2.25. The average Bonchev–Trinajstić information content (AvgIpc) is 2.55. The Morgan fingerprint density at radius 2 is 1.48 bits per heavy atom. The minimum absolute atomic E-state index is 0.0495. The molecule has 0 saturated carbocycles. The van der Waals surface area contributed by atoms with Gasteiger partial charge in [0.05, 0.1) is 13.2 Å². The summed E-state index contributed by atoms with van der Waals surface area (Å²) < 4.78 is 5.49. The number of hydrogen-bond acceptors (Lipinski definition) is 3. The van der Waals surface area contributed by atoms with Crippen molar-refractivity contribution in [2.75, 3.05) is 24.7 Å². The Morgan fingerprint density at radius 1 is 1.00 bits per heavy atom. The lowest BCUT2D eigenvalue weighted by Crippen LogP contribution is -2.43. The molecular formula is C21H33O3S+.